The van der Waals surface area contributed by atoms with Crippen molar-refractivity contribution < 1.29 is 4.79 Å². The Morgan fingerprint density at radius 3 is 2.78 bits per heavy atom. The summed E-state index contributed by atoms with van der Waals surface area (Å²) >= 11 is 5.57. The zero-order valence-electron chi connectivity index (χ0n) is 9.78. The van der Waals surface area contributed by atoms with Crippen molar-refractivity contribution in [1.82, 2.24) is 4.98 Å². The lowest BCUT2D eigenvalue weighted by Crippen LogP contribution is -2.07. The number of pyridine rings is 1. The molecule has 1 aromatic heterocycles. The third kappa shape index (κ3) is 3.38. The molecule has 0 saturated heterocycles. The van der Waals surface area contributed by atoms with Gasteiger partial charge in [-0.2, -0.15) is 0 Å². The molecule has 0 unspecified atom stereocenters. The molecule has 0 bridgehead atoms. The summed E-state index contributed by atoms with van der Waals surface area (Å²) in [6, 6.07) is 9.60. The highest BCUT2D eigenvalue weighted by Crippen LogP contribution is 2.20. The minimum Gasteiger partial charge on any atom is -0.294 e. The van der Waals surface area contributed by atoms with Crippen molar-refractivity contribution in [3.05, 3.63) is 61.4 Å². The largest absolute Gasteiger partial charge is 0.294 e. The molecule has 1 aromatic carbocycles. The molecule has 0 radical (unpaired) electrons. The first-order chi connectivity index (χ1) is 8.56. The van der Waals surface area contributed by atoms with Crippen molar-refractivity contribution in [3.63, 3.8) is 0 Å². The zero-order valence-corrected chi connectivity index (χ0v) is 13.5. The fourth-order valence-corrected chi connectivity index (χ4v) is 2.57. The van der Waals surface area contributed by atoms with Crippen molar-refractivity contribution in [2.24, 2.45) is 0 Å². The van der Waals surface area contributed by atoms with E-state index >= 15 is 0 Å². The number of Topliss-reactive ketones (excluding diaryl/α,β-unsaturated/α-hetero) is 1. The number of aromatic nitrogens is 1. The molecule has 0 fully saturated rings. The van der Waals surface area contributed by atoms with Crippen molar-refractivity contribution >= 4 is 44.3 Å². The molecule has 4 heteroatoms. The van der Waals surface area contributed by atoms with E-state index in [0.717, 1.165) is 24.9 Å². The number of ketones is 1. The van der Waals surface area contributed by atoms with Gasteiger partial charge in [0.2, 0.25) is 0 Å². The van der Waals surface area contributed by atoms with Crippen molar-refractivity contribution in [2.45, 2.75) is 13.3 Å². The molecule has 2 rings (SSSR count). The third-order valence-electron chi connectivity index (χ3n) is 2.54. The first kappa shape index (κ1) is 13.7. The Hall–Kier alpha value is -0.750. The van der Waals surface area contributed by atoms with Crippen LogP contribution in [0.15, 0.2) is 41.0 Å². The number of hydrogen-bond acceptors (Lipinski definition) is 2. The molecule has 92 valence electrons. The molecule has 0 aliphatic heterocycles. The average molecular weight is 416 g/mol. The van der Waals surface area contributed by atoms with E-state index in [1.165, 1.54) is 0 Å². The predicted molar refractivity (Wildman–Crippen MR) is 83.9 cm³/mol. The molecule has 18 heavy (non-hydrogen) atoms. The van der Waals surface area contributed by atoms with Gasteiger partial charge in [-0.15, -0.1) is 0 Å². The van der Waals surface area contributed by atoms with Gasteiger partial charge in [0.1, 0.15) is 0 Å². The molecule has 1 heterocycles. The summed E-state index contributed by atoms with van der Waals surface area (Å²) in [5.74, 6) is 0.0945. The van der Waals surface area contributed by atoms with Crippen LogP contribution in [0, 0.1) is 10.5 Å². The van der Waals surface area contributed by atoms with Gasteiger partial charge in [-0.3, -0.25) is 9.78 Å². The van der Waals surface area contributed by atoms with E-state index in [1.54, 1.807) is 6.20 Å². The lowest BCUT2D eigenvalue weighted by molar-refractivity contribution is 0.0991. The highest BCUT2D eigenvalue weighted by Gasteiger charge is 2.11. The summed E-state index contributed by atoms with van der Waals surface area (Å²) in [6.45, 7) is 1.98. The van der Waals surface area contributed by atoms with Crippen LogP contribution in [0.2, 0.25) is 0 Å². The molecule has 2 aromatic rings. The van der Waals surface area contributed by atoms with Gasteiger partial charge >= 0.3 is 0 Å². The number of rotatable bonds is 3. The summed E-state index contributed by atoms with van der Waals surface area (Å²) < 4.78 is 1.89. The minimum absolute atomic E-state index is 0.0945. The monoisotopic (exact) mass is 415 g/mol. The van der Waals surface area contributed by atoms with E-state index in [0.29, 0.717) is 6.42 Å². The molecular formula is C14H11BrINO. The van der Waals surface area contributed by atoms with Gasteiger partial charge in [-0.25, -0.2) is 0 Å². The number of benzene rings is 1. The smallest absolute Gasteiger partial charge is 0.169 e. The van der Waals surface area contributed by atoms with Gasteiger partial charge in [0.25, 0.3) is 0 Å². The second kappa shape index (κ2) is 5.93. The van der Waals surface area contributed by atoms with Crippen LogP contribution in [-0.2, 0) is 6.42 Å². The van der Waals surface area contributed by atoms with Crippen LogP contribution in [-0.4, -0.2) is 10.8 Å². The van der Waals surface area contributed by atoms with Gasteiger partial charge in [0.05, 0.1) is 6.42 Å². The fourth-order valence-electron chi connectivity index (χ4n) is 1.57. The number of halogens is 2. The Labute approximate surface area is 128 Å². The summed E-state index contributed by atoms with van der Waals surface area (Å²) in [6.07, 6.45) is 2.13. The lowest BCUT2D eigenvalue weighted by Gasteiger charge is -2.04. The second-order valence-electron chi connectivity index (χ2n) is 4.05. The minimum atomic E-state index is 0.0945. The third-order valence-corrected chi connectivity index (χ3v) is 3.98. The van der Waals surface area contributed by atoms with Crippen molar-refractivity contribution in [1.29, 1.82) is 0 Å². The topological polar surface area (TPSA) is 30.0 Å². The maximum atomic E-state index is 12.2. The predicted octanol–water partition coefficient (Wildman–Crippen LogP) is 4.18. The highest BCUT2D eigenvalue weighted by atomic mass is 127. The standard InChI is InChI=1S/C14H11BrINO/c1-9-2-4-11(17-8-9)7-14(18)12-6-10(15)3-5-13(12)16/h2-6,8H,7H2,1H3. The lowest BCUT2D eigenvalue weighted by atomic mass is 10.1. The Balaban J connectivity index is 2.21. The Morgan fingerprint density at radius 1 is 1.33 bits per heavy atom. The van der Waals surface area contributed by atoms with E-state index in [-0.39, 0.29) is 5.78 Å². The first-order valence-corrected chi connectivity index (χ1v) is 7.33. The van der Waals surface area contributed by atoms with Gasteiger partial charge in [-0.05, 0) is 59.3 Å². The van der Waals surface area contributed by atoms with Crippen LogP contribution in [0.5, 0.6) is 0 Å². The van der Waals surface area contributed by atoms with E-state index < -0.39 is 0 Å². The number of hydrogen-bond donors (Lipinski definition) is 0. The van der Waals surface area contributed by atoms with Crippen LogP contribution in [0.4, 0.5) is 0 Å². The van der Waals surface area contributed by atoms with Crippen LogP contribution < -0.4 is 0 Å². The van der Waals surface area contributed by atoms with Crippen LogP contribution in [0.3, 0.4) is 0 Å². The summed E-state index contributed by atoms with van der Waals surface area (Å²) in [5.41, 5.74) is 2.65. The SMILES string of the molecule is Cc1ccc(CC(=O)c2cc(Br)ccc2I)nc1. The fraction of sp³-hybridized carbons (Fsp3) is 0.143. The Bertz CT molecular complexity index is 581. The molecule has 0 saturated carbocycles. The molecule has 2 nitrogen and oxygen atoms in total. The molecule has 0 aliphatic carbocycles. The van der Waals surface area contributed by atoms with E-state index in [9.17, 15) is 4.79 Å². The van der Waals surface area contributed by atoms with Gasteiger partial charge in [-0.1, -0.05) is 22.0 Å². The van der Waals surface area contributed by atoms with Crippen molar-refractivity contribution in [3.8, 4) is 0 Å². The number of aryl methyl sites for hydroxylation is 1. The average Bonchev–Trinajstić information content (AvgIpc) is 2.35. The summed E-state index contributed by atoms with van der Waals surface area (Å²) in [7, 11) is 0. The van der Waals surface area contributed by atoms with Crippen LogP contribution in [0.1, 0.15) is 21.6 Å². The quantitative estimate of drug-likeness (QED) is 0.555. The second-order valence-corrected chi connectivity index (χ2v) is 6.13. The van der Waals surface area contributed by atoms with Crippen molar-refractivity contribution in [2.75, 3.05) is 0 Å². The Kier molecular flexibility index (Phi) is 4.50. The summed E-state index contributed by atoms with van der Waals surface area (Å²) in [4.78, 5) is 16.5. The molecule has 0 N–H and O–H groups in total. The molecule has 0 spiro atoms. The molecule has 0 amide bonds. The number of carbonyl (C=O) groups is 1. The highest BCUT2D eigenvalue weighted by molar-refractivity contribution is 14.1. The first-order valence-electron chi connectivity index (χ1n) is 5.46. The maximum absolute atomic E-state index is 12.2. The molecule has 0 atom stereocenters. The summed E-state index contributed by atoms with van der Waals surface area (Å²) in [5, 5.41) is 0. The van der Waals surface area contributed by atoms with E-state index in [4.69, 9.17) is 0 Å². The van der Waals surface area contributed by atoms with E-state index in [1.807, 2.05) is 37.3 Å². The van der Waals surface area contributed by atoms with Crippen LogP contribution >= 0.6 is 38.5 Å². The Morgan fingerprint density at radius 2 is 2.11 bits per heavy atom. The molecular weight excluding hydrogens is 405 g/mol. The maximum Gasteiger partial charge on any atom is 0.169 e. The van der Waals surface area contributed by atoms with Gasteiger partial charge < -0.3 is 0 Å². The van der Waals surface area contributed by atoms with Crippen LogP contribution in [0.25, 0.3) is 0 Å². The van der Waals surface area contributed by atoms with Gasteiger partial charge in [0, 0.05) is 25.5 Å². The number of nitrogens with zero attached hydrogens (tertiary/aromatic N) is 1. The number of carbonyl (C=O) groups excluding carboxylic acids is 1. The zero-order chi connectivity index (χ0) is 13.1. The van der Waals surface area contributed by atoms with E-state index in [2.05, 4.69) is 43.5 Å². The molecule has 0 aliphatic rings. The normalized spacial score (nSPS) is 10.4. The van der Waals surface area contributed by atoms with Gasteiger partial charge in [0.15, 0.2) is 5.78 Å².